The minimum atomic E-state index is 0.644. The predicted octanol–water partition coefficient (Wildman–Crippen LogP) is 3.00. The second-order valence-corrected chi connectivity index (χ2v) is 4.12. The molecule has 0 saturated carbocycles. The molecule has 0 bridgehead atoms. The van der Waals surface area contributed by atoms with Crippen LogP contribution in [0.1, 0.15) is 0 Å². The van der Waals surface area contributed by atoms with Crippen molar-refractivity contribution in [1.82, 2.24) is 15.2 Å². The molecular weight excluding hydrogens is 298 g/mol. The fourth-order valence-electron chi connectivity index (χ4n) is 0.970. The van der Waals surface area contributed by atoms with Crippen molar-refractivity contribution in [3.8, 4) is 11.4 Å². The van der Waals surface area contributed by atoms with E-state index in [9.17, 15) is 0 Å². The molecular formula is C8H5Br2N3. The summed E-state index contributed by atoms with van der Waals surface area (Å²) in [6.45, 7) is 0. The van der Waals surface area contributed by atoms with E-state index >= 15 is 0 Å². The normalized spacial score (nSPS) is 10.3. The van der Waals surface area contributed by atoms with Crippen LogP contribution in [0.4, 0.5) is 0 Å². The summed E-state index contributed by atoms with van der Waals surface area (Å²) in [5.74, 6) is 0.694. The Balaban J connectivity index is 2.41. The van der Waals surface area contributed by atoms with Crippen molar-refractivity contribution in [2.45, 2.75) is 0 Å². The molecule has 1 aromatic carbocycles. The monoisotopic (exact) mass is 301 g/mol. The van der Waals surface area contributed by atoms with E-state index in [-0.39, 0.29) is 0 Å². The van der Waals surface area contributed by atoms with E-state index in [2.05, 4.69) is 47.0 Å². The molecule has 1 heterocycles. The molecule has 13 heavy (non-hydrogen) atoms. The van der Waals surface area contributed by atoms with E-state index in [1.165, 1.54) is 0 Å². The van der Waals surface area contributed by atoms with E-state index in [4.69, 9.17) is 0 Å². The molecule has 2 rings (SSSR count). The quantitative estimate of drug-likeness (QED) is 0.880. The van der Waals surface area contributed by atoms with Crippen LogP contribution in [0.3, 0.4) is 0 Å². The van der Waals surface area contributed by atoms with Crippen LogP contribution in [-0.2, 0) is 0 Å². The van der Waals surface area contributed by atoms with Gasteiger partial charge in [-0.1, -0.05) is 28.1 Å². The Bertz CT molecular complexity index is 408. The fraction of sp³-hybridized carbons (Fsp3) is 0. The molecule has 0 fully saturated rings. The van der Waals surface area contributed by atoms with Crippen LogP contribution < -0.4 is 0 Å². The summed E-state index contributed by atoms with van der Waals surface area (Å²) in [4.78, 5) is 4.15. The van der Waals surface area contributed by atoms with Crippen LogP contribution in [0.25, 0.3) is 11.4 Å². The van der Waals surface area contributed by atoms with Gasteiger partial charge in [0.15, 0.2) is 10.6 Å². The van der Waals surface area contributed by atoms with Crippen LogP contribution in [0, 0.1) is 0 Å². The molecule has 0 aliphatic rings. The largest absolute Gasteiger partial charge is 0.253 e. The van der Waals surface area contributed by atoms with E-state index in [0.29, 0.717) is 10.6 Å². The fourth-order valence-corrected chi connectivity index (χ4v) is 1.49. The SMILES string of the molecule is Brc1ccc(-c2n[nH]c(Br)n2)cc1. The van der Waals surface area contributed by atoms with Crippen LogP contribution in [0.5, 0.6) is 0 Å². The van der Waals surface area contributed by atoms with Gasteiger partial charge in [-0.25, -0.2) is 4.98 Å². The Labute approximate surface area is 91.8 Å². The third kappa shape index (κ3) is 1.97. The lowest BCUT2D eigenvalue weighted by atomic mass is 10.2. The first-order valence-corrected chi connectivity index (χ1v) is 5.18. The maximum absolute atomic E-state index is 4.15. The Morgan fingerprint density at radius 2 is 1.77 bits per heavy atom. The van der Waals surface area contributed by atoms with Gasteiger partial charge in [-0.3, -0.25) is 5.10 Å². The van der Waals surface area contributed by atoms with Crippen molar-refractivity contribution in [3.63, 3.8) is 0 Å². The zero-order valence-electron chi connectivity index (χ0n) is 6.46. The first-order chi connectivity index (χ1) is 6.25. The minimum Gasteiger partial charge on any atom is -0.253 e. The number of aromatic nitrogens is 3. The average Bonchev–Trinajstić information content (AvgIpc) is 2.53. The number of aromatic amines is 1. The van der Waals surface area contributed by atoms with E-state index in [0.717, 1.165) is 10.0 Å². The molecule has 2 aromatic rings. The van der Waals surface area contributed by atoms with E-state index < -0.39 is 0 Å². The average molecular weight is 303 g/mol. The lowest BCUT2D eigenvalue weighted by molar-refractivity contribution is 1.07. The zero-order valence-corrected chi connectivity index (χ0v) is 9.63. The molecule has 0 amide bonds. The summed E-state index contributed by atoms with van der Waals surface area (Å²) < 4.78 is 1.69. The van der Waals surface area contributed by atoms with Gasteiger partial charge in [0.25, 0.3) is 0 Å². The van der Waals surface area contributed by atoms with Crippen molar-refractivity contribution < 1.29 is 0 Å². The van der Waals surface area contributed by atoms with Gasteiger partial charge in [0.05, 0.1) is 0 Å². The van der Waals surface area contributed by atoms with Gasteiger partial charge in [-0.2, -0.15) is 5.10 Å². The number of halogens is 2. The Kier molecular flexibility index (Phi) is 2.46. The van der Waals surface area contributed by atoms with Crippen molar-refractivity contribution in [2.24, 2.45) is 0 Å². The molecule has 0 aliphatic heterocycles. The highest BCUT2D eigenvalue weighted by Crippen LogP contribution is 2.18. The van der Waals surface area contributed by atoms with Crippen LogP contribution in [0.15, 0.2) is 33.5 Å². The number of nitrogens with one attached hydrogen (secondary N) is 1. The molecule has 0 radical (unpaired) electrons. The molecule has 0 aliphatic carbocycles. The van der Waals surface area contributed by atoms with Gasteiger partial charge >= 0.3 is 0 Å². The van der Waals surface area contributed by atoms with Gasteiger partial charge in [0, 0.05) is 10.0 Å². The number of hydrogen-bond donors (Lipinski definition) is 1. The molecule has 1 N–H and O–H groups in total. The number of benzene rings is 1. The summed E-state index contributed by atoms with van der Waals surface area (Å²) in [7, 11) is 0. The van der Waals surface area contributed by atoms with Crippen LogP contribution in [-0.4, -0.2) is 15.2 Å². The minimum absolute atomic E-state index is 0.644. The predicted molar refractivity (Wildman–Crippen MR) is 57.2 cm³/mol. The van der Waals surface area contributed by atoms with Gasteiger partial charge in [0.1, 0.15) is 0 Å². The van der Waals surface area contributed by atoms with Gasteiger partial charge in [0.2, 0.25) is 0 Å². The zero-order chi connectivity index (χ0) is 9.26. The molecule has 5 heteroatoms. The summed E-state index contributed by atoms with van der Waals surface area (Å²) in [6, 6.07) is 7.83. The summed E-state index contributed by atoms with van der Waals surface area (Å²) >= 11 is 6.57. The molecule has 66 valence electrons. The molecule has 0 unspecified atom stereocenters. The molecule has 3 nitrogen and oxygen atoms in total. The maximum atomic E-state index is 4.15. The Hall–Kier alpha value is -0.680. The highest BCUT2D eigenvalue weighted by Gasteiger charge is 2.02. The highest BCUT2D eigenvalue weighted by molar-refractivity contribution is 9.10. The molecule has 1 aromatic heterocycles. The number of rotatable bonds is 1. The number of nitrogens with zero attached hydrogens (tertiary/aromatic N) is 2. The maximum Gasteiger partial charge on any atom is 0.193 e. The second-order valence-electron chi connectivity index (χ2n) is 2.46. The standard InChI is InChI=1S/C8H5Br2N3/c9-6-3-1-5(2-4-6)7-11-8(10)13-12-7/h1-4H,(H,11,12,13). The van der Waals surface area contributed by atoms with Crippen LogP contribution in [0.2, 0.25) is 0 Å². The molecule has 0 spiro atoms. The molecule has 0 atom stereocenters. The third-order valence-corrected chi connectivity index (χ3v) is 2.44. The van der Waals surface area contributed by atoms with E-state index in [1.807, 2.05) is 24.3 Å². The van der Waals surface area contributed by atoms with Crippen molar-refractivity contribution in [2.75, 3.05) is 0 Å². The van der Waals surface area contributed by atoms with Gasteiger partial charge < -0.3 is 0 Å². The first kappa shape index (κ1) is 8.90. The summed E-state index contributed by atoms with van der Waals surface area (Å²) in [6.07, 6.45) is 0. The Morgan fingerprint density at radius 3 is 2.31 bits per heavy atom. The number of hydrogen-bond acceptors (Lipinski definition) is 2. The third-order valence-electron chi connectivity index (χ3n) is 1.56. The Morgan fingerprint density at radius 1 is 1.08 bits per heavy atom. The first-order valence-electron chi connectivity index (χ1n) is 3.59. The topological polar surface area (TPSA) is 41.6 Å². The molecule has 0 saturated heterocycles. The lowest BCUT2D eigenvalue weighted by Crippen LogP contribution is -1.79. The van der Waals surface area contributed by atoms with Crippen molar-refractivity contribution in [3.05, 3.63) is 33.5 Å². The number of H-pyrrole nitrogens is 1. The summed E-state index contributed by atoms with van der Waals surface area (Å²) in [5, 5.41) is 6.74. The lowest BCUT2D eigenvalue weighted by Gasteiger charge is -1.93. The smallest absolute Gasteiger partial charge is 0.193 e. The van der Waals surface area contributed by atoms with E-state index in [1.54, 1.807) is 0 Å². The second kappa shape index (κ2) is 3.59. The van der Waals surface area contributed by atoms with Gasteiger partial charge in [-0.15, -0.1) is 0 Å². The van der Waals surface area contributed by atoms with Gasteiger partial charge in [-0.05, 0) is 28.1 Å². The van der Waals surface area contributed by atoms with Crippen molar-refractivity contribution in [1.29, 1.82) is 0 Å². The summed E-state index contributed by atoms with van der Waals surface area (Å²) in [5.41, 5.74) is 0.991. The van der Waals surface area contributed by atoms with Crippen molar-refractivity contribution >= 4 is 31.9 Å². The van der Waals surface area contributed by atoms with Crippen LogP contribution >= 0.6 is 31.9 Å². The highest BCUT2D eigenvalue weighted by atomic mass is 79.9.